The highest BCUT2D eigenvalue weighted by molar-refractivity contribution is 5.78. The highest BCUT2D eigenvalue weighted by atomic mass is 16.1. The van der Waals surface area contributed by atoms with Gasteiger partial charge in [-0.25, -0.2) is 0 Å². The first-order chi connectivity index (χ1) is 7.19. The number of carbonyl (C=O) groups excluding carboxylic acids is 1. The molecule has 0 aromatic rings. The van der Waals surface area contributed by atoms with Crippen molar-refractivity contribution in [2.45, 2.75) is 32.2 Å². The minimum Gasteiger partial charge on any atom is -0.354 e. The third-order valence-electron chi connectivity index (χ3n) is 3.33. The number of amides is 1. The lowest BCUT2D eigenvalue weighted by atomic mass is 10.1. The number of nitrogens with two attached hydrogens (primary N) is 1. The molecular formula is C11H23N3O. The van der Waals surface area contributed by atoms with Crippen LogP contribution in [-0.2, 0) is 4.79 Å². The minimum atomic E-state index is -0.0169. The molecule has 15 heavy (non-hydrogen) atoms. The SMILES string of the molecule is CCC(CN)C(=O)NCC1CCCN1C. The summed E-state index contributed by atoms with van der Waals surface area (Å²) in [5.41, 5.74) is 5.52. The first-order valence-corrected chi connectivity index (χ1v) is 5.87. The summed E-state index contributed by atoms with van der Waals surface area (Å²) in [5, 5.41) is 3.00. The fraction of sp³-hybridized carbons (Fsp3) is 0.909. The van der Waals surface area contributed by atoms with E-state index < -0.39 is 0 Å². The van der Waals surface area contributed by atoms with Gasteiger partial charge in [0.15, 0.2) is 0 Å². The topological polar surface area (TPSA) is 58.4 Å². The van der Waals surface area contributed by atoms with E-state index >= 15 is 0 Å². The van der Waals surface area contributed by atoms with Gasteiger partial charge in [-0.1, -0.05) is 6.92 Å². The van der Waals surface area contributed by atoms with Crippen LogP contribution in [0.3, 0.4) is 0 Å². The lowest BCUT2D eigenvalue weighted by Crippen LogP contribution is -2.42. The third-order valence-corrected chi connectivity index (χ3v) is 3.33. The molecule has 1 aliphatic rings. The van der Waals surface area contributed by atoms with Gasteiger partial charge in [0.25, 0.3) is 0 Å². The van der Waals surface area contributed by atoms with Gasteiger partial charge in [-0.15, -0.1) is 0 Å². The first kappa shape index (κ1) is 12.5. The van der Waals surface area contributed by atoms with Crippen LogP contribution >= 0.6 is 0 Å². The van der Waals surface area contributed by atoms with E-state index in [9.17, 15) is 4.79 Å². The van der Waals surface area contributed by atoms with Gasteiger partial charge in [-0.05, 0) is 32.9 Å². The maximum Gasteiger partial charge on any atom is 0.224 e. The molecule has 0 aromatic carbocycles. The smallest absolute Gasteiger partial charge is 0.224 e. The van der Waals surface area contributed by atoms with Crippen molar-refractivity contribution >= 4 is 5.91 Å². The monoisotopic (exact) mass is 213 g/mol. The van der Waals surface area contributed by atoms with E-state index in [2.05, 4.69) is 17.3 Å². The second-order valence-electron chi connectivity index (χ2n) is 4.36. The van der Waals surface area contributed by atoms with Crippen molar-refractivity contribution in [3.8, 4) is 0 Å². The van der Waals surface area contributed by atoms with Crippen molar-refractivity contribution in [1.82, 2.24) is 10.2 Å². The Labute approximate surface area is 92.2 Å². The van der Waals surface area contributed by atoms with Crippen LogP contribution in [0.5, 0.6) is 0 Å². The molecule has 1 rings (SSSR count). The zero-order valence-electron chi connectivity index (χ0n) is 9.83. The molecule has 1 aliphatic heterocycles. The molecule has 2 unspecified atom stereocenters. The lowest BCUT2D eigenvalue weighted by Gasteiger charge is -2.21. The predicted octanol–water partition coefficient (Wildman–Crippen LogP) is 0.182. The van der Waals surface area contributed by atoms with E-state index in [1.54, 1.807) is 0 Å². The Morgan fingerprint density at radius 3 is 2.87 bits per heavy atom. The van der Waals surface area contributed by atoms with E-state index in [1.807, 2.05) is 6.92 Å². The number of hydrogen-bond acceptors (Lipinski definition) is 3. The van der Waals surface area contributed by atoms with Crippen LogP contribution in [-0.4, -0.2) is 43.5 Å². The van der Waals surface area contributed by atoms with Crippen LogP contribution in [0.4, 0.5) is 0 Å². The zero-order chi connectivity index (χ0) is 11.3. The largest absolute Gasteiger partial charge is 0.354 e. The summed E-state index contributed by atoms with van der Waals surface area (Å²) in [6, 6.07) is 0.518. The van der Waals surface area contributed by atoms with Crippen molar-refractivity contribution in [3.63, 3.8) is 0 Å². The first-order valence-electron chi connectivity index (χ1n) is 5.87. The molecule has 1 heterocycles. The van der Waals surface area contributed by atoms with E-state index in [1.165, 1.54) is 12.8 Å². The molecule has 3 N–H and O–H groups in total. The maximum absolute atomic E-state index is 11.7. The summed E-state index contributed by atoms with van der Waals surface area (Å²) in [4.78, 5) is 14.0. The minimum absolute atomic E-state index is 0.0169. The molecule has 1 saturated heterocycles. The quantitative estimate of drug-likeness (QED) is 0.685. The Balaban J connectivity index is 2.26. The van der Waals surface area contributed by atoms with Gasteiger partial charge in [0, 0.05) is 25.0 Å². The summed E-state index contributed by atoms with van der Waals surface area (Å²) in [6.45, 7) is 4.36. The van der Waals surface area contributed by atoms with Gasteiger partial charge in [0.1, 0.15) is 0 Å². The maximum atomic E-state index is 11.7. The number of rotatable bonds is 5. The molecule has 4 heteroatoms. The average molecular weight is 213 g/mol. The normalized spacial score (nSPS) is 24.1. The van der Waals surface area contributed by atoms with Crippen molar-refractivity contribution in [2.75, 3.05) is 26.7 Å². The molecule has 0 aliphatic carbocycles. The second-order valence-corrected chi connectivity index (χ2v) is 4.36. The van der Waals surface area contributed by atoms with Gasteiger partial charge >= 0.3 is 0 Å². The molecule has 2 atom stereocenters. The van der Waals surface area contributed by atoms with E-state index in [0.29, 0.717) is 12.6 Å². The van der Waals surface area contributed by atoms with Gasteiger partial charge in [-0.2, -0.15) is 0 Å². The van der Waals surface area contributed by atoms with Gasteiger partial charge < -0.3 is 16.0 Å². The number of nitrogens with one attached hydrogen (secondary N) is 1. The fourth-order valence-electron chi connectivity index (χ4n) is 2.06. The van der Waals surface area contributed by atoms with Crippen molar-refractivity contribution in [2.24, 2.45) is 11.7 Å². The molecule has 0 aromatic heterocycles. The zero-order valence-corrected chi connectivity index (χ0v) is 9.83. The Kier molecular flexibility index (Phi) is 5.05. The molecule has 0 radical (unpaired) electrons. The third kappa shape index (κ3) is 3.47. The van der Waals surface area contributed by atoms with E-state index in [4.69, 9.17) is 5.73 Å². The van der Waals surface area contributed by atoms with Crippen LogP contribution in [0.2, 0.25) is 0 Å². The molecule has 1 amide bonds. The number of carbonyl (C=O) groups is 1. The lowest BCUT2D eigenvalue weighted by molar-refractivity contribution is -0.124. The highest BCUT2D eigenvalue weighted by Crippen LogP contribution is 2.13. The number of hydrogen-bond donors (Lipinski definition) is 2. The highest BCUT2D eigenvalue weighted by Gasteiger charge is 2.22. The number of likely N-dealkylation sites (N-methyl/N-ethyl adjacent to an activating group) is 1. The number of nitrogens with zero attached hydrogens (tertiary/aromatic N) is 1. The van der Waals surface area contributed by atoms with Crippen molar-refractivity contribution < 1.29 is 4.79 Å². The summed E-state index contributed by atoms with van der Waals surface area (Å²) in [5.74, 6) is 0.0945. The van der Waals surface area contributed by atoms with E-state index in [0.717, 1.165) is 19.5 Å². The summed E-state index contributed by atoms with van der Waals surface area (Å²) in [6.07, 6.45) is 3.25. The van der Waals surface area contributed by atoms with Crippen molar-refractivity contribution in [1.29, 1.82) is 0 Å². The Bertz CT molecular complexity index is 204. The Morgan fingerprint density at radius 2 is 2.40 bits per heavy atom. The van der Waals surface area contributed by atoms with Crippen LogP contribution < -0.4 is 11.1 Å². The Hall–Kier alpha value is -0.610. The van der Waals surface area contributed by atoms with Gasteiger partial charge in [0.05, 0.1) is 0 Å². The Morgan fingerprint density at radius 1 is 1.67 bits per heavy atom. The van der Waals surface area contributed by atoms with Crippen molar-refractivity contribution in [3.05, 3.63) is 0 Å². The predicted molar refractivity (Wildman–Crippen MR) is 61.5 cm³/mol. The molecule has 88 valence electrons. The van der Waals surface area contributed by atoms with E-state index in [-0.39, 0.29) is 11.8 Å². The molecule has 0 spiro atoms. The molecule has 0 bridgehead atoms. The van der Waals surface area contributed by atoms with Gasteiger partial charge in [-0.3, -0.25) is 4.79 Å². The van der Waals surface area contributed by atoms with Crippen LogP contribution in [0.1, 0.15) is 26.2 Å². The summed E-state index contributed by atoms with van der Waals surface area (Å²) >= 11 is 0. The van der Waals surface area contributed by atoms with Gasteiger partial charge in [0.2, 0.25) is 5.91 Å². The second kappa shape index (κ2) is 6.08. The standard InChI is InChI=1S/C11H23N3O/c1-3-9(7-12)11(15)13-8-10-5-4-6-14(10)2/h9-10H,3-8,12H2,1-2H3,(H,13,15). The molecular weight excluding hydrogens is 190 g/mol. The summed E-state index contributed by atoms with van der Waals surface area (Å²) < 4.78 is 0. The summed E-state index contributed by atoms with van der Waals surface area (Å²) in [7, 11) is 2.12. The average Bonchev–Trinajstić information content (AvgIpc) is 2.63. The van der Waals surface area contributed by atoms with Crippen LogP contribution in [0, 0.1) is 5.92 Å². The molecule has 1 fully saturated rings. The fourth-order valence-corrected chi connectivity index (χ4v) is 2.06. The molecule has 0 saturated carbocycles. The van der Waals surface area contributed by atoms with Crippen LogP contribution in [0.25, 0.3) is 0 Å². The number of likely N-dealkylation sites (tertiary alicyclic amines) is 1. The van der Waals surface area contributed by atoms with Crippen LogP contribution in [0.15, 0.2) is 0 Å². The molecule has 4 nitrogen and oxygen atoms in total.